The SMILES string of the molecule is CCNC(=NCC(C)(C)NS(C)(=O)=O)NC1CCCC(SCC)C1. The molecule has 0 aromatic rings. The summed E-state index contributed by atoms with van der Waals surface area (Å²) in [6.45, 7) is 9.10. The highest BCUT2D eigenvalue weighted by atomic mass is 32.2. The molecule has 3 N–H and O–H groups in total. The fourth-order valence-electron chi connectivity index (χ4n) is 2.99. The van der Waals surface area contributed by atoms with Gasteiger partial charge in [-0.3, -0.25) is 4.99 Å². The van der Waals surface area contributed by atoms with E-state index in [0.29, 0.717) is 12.6 Å². The van der Waals surface area contributed by atoms with Crippen LogP contribution in [0.25, 0.3) is 0 Å². The molecule has 6 nitrogen and oxygen atoms in total. The maximum absolute atomic E-state index is 11.4. The first kappa shape index (κ1) is 21.6. The molecule has 142 valence electrons. The molecule has 1 fully saturated rings. The van der Waals surface area contributed by atoms with Crippen molar-refractivity contribution in [2.45, 2.75) is 70.2 Å². The fourth-order valence-corrected chi connectivity index (χ4v) is 5.23. The van der Waals surface area contributed by atoms with Gasteiger partial charge in [0.1, 0.15) is 0 Å². The second-order valence-corrected chi connectivity index (χ2v) is 10.4. The molecule has 0 aliphatic heterocycles. The number of nitrogens with zero attached hydrogens (tertiary/aromatic N) is 1. The minimum Gasteiger partial charge on any atom is -0.357 e. The molecule has 0 spiro atoms. The van der Waals surface area contributed by atoms with E-state index in [9.17, 15) is 8.42 Å². The maximum atomic E-state index is 11.4. The standard InChI is InChI=1S/C16H34N4O2S2/c1-6-17-15(18-12-16(3,4)20-24(5,21)22)19-13-9-8-10-14(11-13)23-7-2/h13-14,20H,6-12H2,1-5H3,(H2,17,18,19). The molecule has 2 atom stereocenters. The molecule has 0 aromatic heterocycles. The highest BCUT2D eigenvalue weighted by Crippen LogP contribution is 2.28. The summed E-state index contributed by atoms with van der Waals surface area (Å²) in [4.78, 5) is 4.60. The summed E-state index contributed by atoms with van der Waals surface area (Å²) in [7, 11) is -3.25. The van der Waals surface area contributed by atoms with Crippen LogP contribution in [0.5, 0.6) is 0 Å². The summed E-state index contributed by atoms with van der Waals surface area (Å²) < 4.78 is 25.5. The third-order valence-corrected chi connectivity index (χ3v) is 5.96. The Balaban J connectivity index is 2.65. The summed E-state index contributed by atoms with van der Waals surface area (Å²) >= 11 is 2.04. The number of nitrogens with one attached hydrogen (secondary N) is 3. The number of hydrogen-bond donors (Lipinski definition) is 3. The van der Waals surface area contributed by atoms with Gasteiger partial charge in [0.25, 0.3) is 0 Å². The van der Waals surface area contributed by atoms with E-state index in [2.05, 4.69) is 27.3 Å². The van der Waals surface area contributed by atoms with Crippen LogP contribution in [0.15, 0.2) is 4.99 Å². The summed E-state index contributed by atoms with van der Waals surface area (Å²) in [6.07, 6.45) is 6.05. The van der Waals surface area contributed by atoms with Crippen molar-refractivity contribution in [1.82, 2.24) is 15.4 Å². The molecule has 0 heterocycles. The molecule has 1 saturated carbocycles. The second kappa shape index (κ2) is 9.87. The third-order valence-electron chi connectivity index (χ3n) is 3.81. The van der Waals surface area contributed by atoms with Gasteiger partial charge in [-0.15, -0.1) is 0 Å². The van der Waals surface area contributed by atoms with Crippen LogP contribution < -0.4 is 15.4 Å². The minimum absolute atomic E-state index is 0.384. The lowest BCUT2D eigenvalue weighted by atomic mass is 9.95. The van der Waals surface area contributed by atoms with E-state index >= 15 is 0 Å². The van der Waals surface area contributed by atoms with Gasteiger partial charge in [0.2, 0.25) is 10.0 Å². The van der Waals surface area contributed by atoms with E-state index in [-0.39, 0.29) is 0 Å². The van der Waals surface area contributed by atoms with Crippen LogP contribution in [0.4, 0.5) is 0 Å². The third kappa shape index (κ3) is 9.13. The summed E-state index contributed by atoms with van der Waals surface area (Å²) in [5, 5.41) is 7.53. The van der Waals surface area contributed by atoms with E-state index in [0.717, 1.165) is 36.3 Å². The van der Waals surface area contributed by atoms with Crippen LogP contribution in [0.1, 0.15) is 53.4 Å². The molecule has 24 heavy (non-hydrogen) atoms. The smallest absolute Gasteiger partial charge is 0.209 e. The Morgan fingerprint density at radius 3 is 2.58 bits per heavy atom. The van der Waals surface area contributed by atoms with Gasteiger partial charge in [-0.1, -0.05) is 13.3 Å². The molecule has 1 aliphatic rings. The quantitative estimate of drug-likeness (QED) is 0.444. The Bertz CT molecular complexity index is 504. The average molecular weight is 379 g/mol. The van der Waals surface area contributed by atoms with Crippen LogP contribution in [0.2, 0.25) is 0 Å². The highest BCUT2D eigenvalue weighted by molar-refractivity contribution is 7.99. The lowest BCUT2D eigenvalue weighted by Crippen LogP contribution is -2.48. The predicted molar refractivity (Wildman–Crippen MR) is 105 cm³/mol. The summed E-state index contributed by atoms with van der Waals surface area (Å²) in [5.74, 6) is 1.93. The van der Waals surface area contributed by atoms with Crippen LogP contribution in [0, 0.1) is 0 Å². The van der Waals surface area contributed by atoms with Crippen molar-refractivity contribution in [3.8, 4) is 0 Å². The van der Waals surface area contributed by atoms with Gasteiger partial charge in [0.15, 0.2) is 5.96 Å². The van der Waals surface area contributed by atoms with Gasteiger partial charge in [0.05, 0.1) is 12.8 Å². The highest BCUT2D eigenvalue weighted by Gasteiger charge is 2.24. The van der Waals surface area contributed by atoms with E-state index in [1.165, 1.54) is 19.1 Å². The van der Waals surface area contributed by atoms with Crippen molar-refractivity contribution in [3.63, 3.8) is 0 Å². The zero-order chi connectivity index (χ0) is 18.2. The largest absolute Gasteiger partial charge is 0.357 e. The van der Waals surface area contributed by atoms with Gasteiger partial charge in [-0.25, -0.2) is 13.1 Å². The first-order valence-electron chi connectivity index (χ1n) is 8.80. The van der Waals surface area contributed by atoms with Crippen LogP contribution in [0.3, 0.4) is 0 Å². The first-order chi connectivity index (χ1) is 11.1. The average Bonchev–Trinajstić information content (AvgIpc) is 2.43. The summed E-state index contributed by atoms with van der Waals surface area (Å²) in [5.41, 5.74) is -0.608. The fraction of sp³-hybridized carbons (Fsp3) is 0.938. The topological polar surface area (TPSA) is 82.6 Å². The number of rotatable bonds is 8. The van der Waals surface area contributed by atoms with E-state index in [4.69, 9.17) is 0 Å². The Kier molecular flexibility index (Phi) is 8.87. The number of sulfonamides is 1. The number of thioether (sulfide) groups is 1. The van der Waals surface area contributed by atoms with Crippen LogP contribution >= 0.6 is 11.8 Å². The number of aliphatic imine (C=N–C) groups is 1. The Hall–Kier alpha value is -0.470. The number of hydrogen-bond acceptors (Lipinski definition) is 4. The zero-order valence-corrected chi connectivity index (χ0v) is 17.3. The van der Waals surface area contributed by atoms with Crippen molar-refractivity contribution in [3.05, 3.63) is 0 Å². The van der Waals surface area contributed by atoms with E-state index in [1.807, 2.05) is 32.5 Å². The molecule has 2 unspecified atom stereocenters. The van der Waals surface area contributed by atoms with Gasteiger partial charge in [-0.2, -0.15) is 11.8 Å². The molecule has 0 radical (unpaired) electrons. The Labute approximate surface area is 152 Å². The van der Waals surface area contributed by atoms with Gasteiger partial charge < -0.3 is 10.6 Å². The Morgan fingerprint density at radius 1 is 1.29 bits per heavy atom. The first-order valence-corrected chi connectivity index (χ1v) is 11.7. The molecular weight excluding hydrogens is 344 g/mol. The maximum Gasteiger partial charge on any atom is 0.209 e. The lowest BCUT2D eigenvalue weighted by molar-refractivity contribution is 0.416. The zero-order valence-electron chi connectivity index (χ0n) is 15.7. The molecule has 0 bridgehead atoms. The molecule has 0 saturated heterocycles. The van der Waals surface area contributed by atoms with Crippen LogP contribution in [-0.2, 0) is 10.0 Å². The molecule has 1 rings (SSSR count). The molecule has 0 amide bonds. The van der Waals surface area contributed by atoms with Crippen LogP contribution in [-0.4, -0.2) is 56.3 Å². The van der Waals surface area contributed by atoms with Gasteiger partial charge in [0, 0.05) is 23.4 Å². The second-order valence-electron chi connectivity index (χ2n) is 7.04. The van der Waals surface area contributed by atoms with E-state index < -0.39 is 15.6 Å². The number of guanidine groups is 1. The minimum atomic E-state index is -3.25. The van der Waals surface area contributed by atoms with Gasteiger partial charge >= 0.3 is 0 Å². The lowest BCUT2D eigenvalue weighted by Gasteiger charge is -2.31. The molecule has 1 aliphatic carbocycles. The Morgan fingerprint density at radius 2 is 2.00 bits per heavy atom. The van der Waals surface area contributed by atoms with Crippen molar-refractivity contribution in [2.75, 3.05) is 25.1 Å². The van der Waals surface area contributed by atoms with Crippen molar-refractivity contribution >= 4 is 27.7 Å². The van der Waals surface area contributed by atoms with Crippen molar-refractivity contribution in [1.29, 1.82) is 0 Å². The monoisotopic (exact) mass is 378 g/mol. The normalized spacial score (nSPS) is 23.1. The predicted octanol–water partition coefficient (Wildman–Crippen LogP) is 1.93. The van der Waals surface area contributed by atoms with Crippen molar-refractivity contribution < 1.29 is 8.42 Å². The van der Waals surface area contributed by atoms with Crippen molar-refractivity contribution in [2.24, 2.45) is 4.99 Å². The van der Waals surface area contributed by atoms with E-state index in [1.54, 1.807) is 0 Å². The molecular formula is C16H34N4O2S2. The van der Waals surface area contributed by atoms with Gasteiger partial charge in [-0.05, 0) is 45.8 Å². The summed E-state index contributed by atoms with van der Waals surface area (Å²) in [6, 6.07) is 0.437. The molecule has 8 heteroatoms. The molecule has 0 aromatic carbocycles.